The molecule has 0 fully saturated rings. The van der Waals surface area contributed by atoms with Crippen LogP contribution in [-0.2, 0) is 6.54 Å². The third-order valence-electron chi connectivity index (χ3n) is 2.91. The summed E-state index contributed by atoms with van der Waals surface area (Å²) in [5, 5.41) is 13.1. The van der Waals surface area contributed by atoms with E-state index >= 15 is 0 Å². The maximum absolute atomic E-state index is 9.80. The Morgan fingerprint density at radius 2 is 1.81 bits per heavy atom. The van der Waals surface area contributed by atoms with Crippen molar-refractivity contribution in [1.29, 1.82) is 0 Å². The highest BCUT2D eigenvalue weighted by Crippen LogP contribution is 2.35. The van der Waals surface area contributed by atoms with Crippen molar-refractivity contribution < 1.29 is 14.6 Å². The van der Waals surface area contributed by atoms with Crippen molar-refractivity contribution in [1.82, 2.24) is 0 Å². The van der Waals surface area contributed by atoms with Gasteiger partial charge in [0.2, 0.25) is 0 Å². The summed E-state index contributed by atoms with van der Waals surface area (Å²) in [5.41, 5.74) is 1.92. The van der Waals surface area contributed by atoms with Gasteiger partial charge in [0.25, 0.3) is 0 Å². The Balaban J connectivity index is 2.16. The van der Waals surface area contributed by atoms with E-state index in [9.17, 15) is 5.11 Å². The minimum Gasteiger partial charge on any atom is -0.503 e. The second kappa shape index (κ2) is 7.04. The van der Waals surface area contributed by atoms with Gasteiger partial charge in [-0.2, -0.15) is 0 Å². The number of methoxy groups -OCH3 is 2. The third kappa shape index (κ3) is 4.04. The molecule has 0 unspecified atom stereocenters. The number of benzene rings is 2. The zero-order valence-corrected chi connectivity index (χ0v) is 14.8. The van der Waals surface area contributed by atoms with Gasteiger partial charge in [-0.1, -0.05) is 15.9 Å². The molecule has 112 valence electrons. The molecule has 2 aromatic rings. The second-order valence-corrected chi connectivity index (χ2v) is 6.13. The Morgan fingerprint density at radius 1 is 1.05 bits per heavy atom. The first kappa shape index (κ1) is 16.0. The number of nitrogens with one attached hydrogen (secondary N) is 1. The molecule has 4 nitrogen and oxygen atoms in total. The summed E-state index contributed by atoms with van der Waals surface area (Å²) in [5.74, 6) is 1.31. The number of hydrogen-bond donors (Lipinski definition) is 2. The summed E-state index contributed by atoms with van der Waals surface area (Å²) >= 11 is 6.76. The van der Waals surface area contributed by atoms with Crippen LogP contribution in [0, 0.1) is 0 Å². The normalized spacial score (nSPS) is 10.3. The van der Waals surface area contributed by atoms with E-state index in [-0.39, 0.29) is 5.75 Å². The number of halogens is 2. The fourth-order valence-electron chi connectivity index (χ4n) is 1.87. The van der Waals surface area contributed by atoms with E-state index in [4.69, 9.17) is 9.47 Å². The first-order valence-electron chi connectivity index (χ1n) is 6.17. The molecule has 0 radical (unpaired) electrons. The predicted octanol–water partition coefficient (Wildman–Crippen LogP) is 4.55. The quantitative estimate of drug-likeness (QED) is 0.750. The van der Waals surface area contributed by atoms with Crippen LogP contribution >= 0.6 is 31.9 Å². The molecule has 6 heteroatoms. The zero-order chi connectivity index (χ0) is 15.4. The number of rotatable bonds is 5. The molecule has 2 aromatic carbocycles. The predicted molar refractivity (Wildman–Crippen MR) is 90.4 cm³/mol. The van der Waals surface area contributed by atoms with Crippen LogP contribution in [0.25, 0.3) is 0 Å². The molecule has 2 rings (SSSR count). The van der Waals surface area contributed by atoms with Crippen LogP contribution in [0.15, 0.2) is 39.3 Å². The molecule has 21 heavy (non-hydrogen) atoms. The Morgan fingerprint density at radius 3 is 2.48 bits per heavy atom. The van der Waals surface area contributed by atoms with Crippen LogP contribution in [0.5, 0.6) is 17.2 Å². The monoisotopic (exact) mass is 415 g/mol. The largest absolute Gasteiger partial charge is 0.503 e. The van der Waals surface area contributed by atoms with Crippen LogP contribution < -0.4 is 14.8 Å². The Bertz CT molecular complexity index is 647. The molecule has 0 heterocycles. The van der Waals surface area contributed by atoms with Gasteiger partial charge in [-0.3, -0.25) is 0 Å². The summed E-state index contributed by atoms with van der Waals surface area (Å²) in [6.45, 7) is 0.592. The fourth-order valence-corrected chi connectivity index (χ4v) is 2.83. The van der Waals surface area contributed by atoms with Crippen molar-refractivity contribution in [2.45, 2.75) is 6.54 Å². The van der Waals surface area contributed by atoms with Crippen molar-refractivity contribution in [2.75, 3.05) is 19.5 Å². The van der Waals surface area contributed by atoms with Gasteiger partial charge in [0, 0.05) is 22.8 Å². The maximum Gasteiger partial charge on any atom is 0.172 e. The van der Waals surface area contributed by atoms with Gasteiger partial charge >= 0.3 is 0 Å². The summed E-state index contributed by atoms with van der Waals surface area (Å²) in [6, 6.07) is 9.42. The van der Waals surface area contributed by atoms with E-state index in [0.717, 1.165) is 21.5 Å². The zero-order valence-electron chi connectivity index (χ0n) is 11.6. The lowest BCUT2D eigenvalue weighted by Crippen LogP contribution is -2.00. The number of phenols is 1. The first-order chi connectivity index (χ1) is 10.0. The molecule has 0 aliphatic carbocycles. The van der Waals surface area contributed by atoms with E-state index in [1.165, 1.54) is 7.11 Å². The van der Waals surface area contributed by atoms with Crippen molar-refractivity contribution in [3.8, 4) is 17.2 Å². The van der Waals surface area contributed by atoms with E-state index in [1.807, 2.05) is 24.3 Å². The van der Waals surface area contributed by atoms with Crippen LogP contribution in [0.3, 0.4) is 0 Å². The van der Waals surface area contributed by atoms with Crippen LogP contribution in [0.2, 0.25) is 0 Å². The van der Waals surface area contributed by atoms with E-state index in [2.05, 4.69) is 37.2 Å². The average Bonchev–Trinajstić information content (AvgIpc) is 2.47. The van der Waals surface area contributed by atoms with Gasteiger partial charge < -0.3 is 19.9 Å². The lowest BCUT2D eigenvalue weighted by atomic mass is 10.2. The third-order valence-corrected chi connectivity index (χ3v) is 3.97. The molecule has 0 bridgehead atoms. The minimum absolute atomic E-state index is 0.102. The molecular formula is C15H15Br2NO3. The topological polar surface area (TPSA) is 50.7 Å². The van der Waals surface area contributed by atoms with Gasteiger partial charge in [-0.25, -0.2) is 0 Å². The van der Waals surface area contributed by atoms with Crippen molar-refractivity contribution >= 4 is 37.5 Å². The van der Waals surface area contributed by atoms with E-state index in [0.29, 0.717) is 16.8 Å². The van der Waals surface area contributed by atoms with Gasteiger partial charge in [0.1, 0.15) is 5.75 Å². The summed E-state index contributed by atoms with van der Waals surface area (Å²) < 4.78 is 11.9. The molecule has 0 aliphatic rings. The smallest absolute Gasteiger partial charge is 0.172 e. The Hall–Kier alpha value is -1.40. The van der Waals surface area contributed by atoms with Gasteiger partial charge in [-0.15, -0.1) is 0 Å². The summed E-state index contributed by atoms with van der Waals surface area (Å²) in [6.07, 6.45) is 0. The second-order valence-electron chi connectivity index (χ2n) is 4.36. The molecule has 0 spiro atoms. The minimum atomic E-state index is 0.102. The molecule has 0 atom stereocenters. The van der Waals surface area contributed by atoms with Crippen molar-refractivity contribution in [3.63, 3.8) is 0 Å². The molecule has 2 N–H and O–H groups in total. The molecule has 0 aromatic heterocycles. The molecule has 0 aliphatic heterocycles. The van der Waals surface area contributed by atoms with Crippen LogP contribution in [0.4, 0.5) is 5.69 Å². The highest BCUT2D eigenvalue weighted by molar-refractivity contribution is 9.10. The highest BCUT2D eigenvalue weighted by atomic mass is 79.9. The molecule has 0 saturated carbocycles. The van der Waals surface area contributed by atoms with E-state index in [1.54, 1.807) is 13.2 Å². The average molecular weight is 417 g/mol. The van der Waals surface area contributed by atoms with Gasteiger partial charge in [0.15, 0.2) is 11.5 Å². The molecule has 0 amide bonds. The lowest BCUT2D eigenvalue weighted by molar-refractivity contribution is 0.371. The van der Waals surface area contributed by atoms with E-state index < -0.39 is 0 Å². The summed E-state index contributed by atoms with van der Waals surface area (Å²) in [4.78, 5) is 0. The summed E-state index contributed by atoms with van der Waals surface area (Å²) in [7, 11) is 3.16. The van der Waals surface area contributed by atoms with Crippen LogP contribution in [-0.4, -0.2) is 19.3 Å². The highest BCUT2D eigenvalue weighted by Gasteiger charge is 2.08. The SMILES string of the molecule is COc1cc(Br)cc(NCc2cc(Br)c(O)c(OC)c2)c1. The molecular weight excluding hydrogens is 402 g/mol. The lowest BCUT2D eigenvalue weighted by Gasteiger charge is -2.12. The Kier molecular flexibility index (Phi) is 5.36. The number of phenolic OH excluding ortho intramolecular Hbond substituents is 1. The first-order valence-corrected chi connectivity index (χ1v) is 7.76. The van der Waals surface area contributed by atoms with Crippen LogP contribution in [0.1, 0.15) is 5.56 Å². The van der Waals surface area contributed by atoms with Crippen molar-refractivity contribution in [3.05, 3.63) is 44.8 Å². The number of hydrogen-bond acceptors (Lipinski definition) is 4. The fraction of sp³-hybridized carbons (Fsp3) is 0.200. The molecule has 0 saturated heterocycles. The number of ether oxygens (including phenoxy) is 2. The van der Waals surface area contributed by atoms with Gasteiger partial charge in [-0.05, 0) is 45.8 Å². The number of aromatic hydroxyl groups is 1. The van der Waals surface area contributed by atoms with Crippen molar-refractivity contribution in [2.24, 2.45) is 0 Å². The Labute approximate surface area is 140 Å². The standard InChI is InChI=1S/C15H15Br2NO3/c1-20-12-6-10(16)5-11(7-12)18-8-9-3-13(17)15(19)14(4-9)21-2/h3-7,18-19H,8H2,1-2H3. The number of anilines is 1. The van der Waals surface area contributed by atoms with Gasteiger partial charge in [0.05, 0.1) is 18.7 Å². The maximum atomic E-state index is 9.80.